The fourth-order valence-electron chi connectivity index (χ4n) is 3.03. The quantitative estimate of drug-likeness (QED) is 0.571. The molecule has 2 aromatic rings. The highest BCUT2D eigenvalue weighted by molar-refractivity contribution is 7.89. The zero-order valence-electron chi connectivity index (χ0n) is 15.0. The van der Waals surface area contributed by atoms with Crippen LogP contribution in [-0.2, 0) is 10.0 Å². The lowest BCUT2D eigenvalue weighted by Gasteiger charge is -2.34. The molecule has 28 heavy (non-hydrogen) atoms. The molecule has 0 saturated carbocycles. The summed E-state index contributed by atoms with van der Waals surface area (Å²) >= 11 is 0. The van der Waals surface area contributed by atoms with Crippen LogP contribution >= 0.6 is 0 Å². The number of nitrogens with zero attached hydrogens (tertiary/aromatic N) is 3. The molecule has 0 unspecified atom stereocenters. The molecular formula is C18H18FN3O5S. The summed E-state index contributed by atoms with van der Waals surface area (Å²) in [6, 6.07) is 10.0. The average Bonchev–Trinajstić information content (AvgIpc) is 2.70. The molecule has 0 atom stereocenters. The van der Waals surface area contributed by atoms with Gasteiger partial charge in [-0.05, 0) is 25.1 Å². The molecule has 0 N–H and O–H groups in total. The summed E-state index contributed by atoms with van der Waals surface area (Å²) in [4.78, 5) is 24.5. The number of sulfonamides is 1. The minimum Gasteiger partial charge on any atom is -0.336 e. The second kappa shape index (κ2) is 7.64. The summed E-state index contributed by atoms with van der Waals surface area (Å²) in [5.41, 5.74) is -0.733. The summed E-state index contributed by atoms with van der Waals surface area (Å²) in [6.45, 7) is 1.65. The number of rotatable bonds is 4. The van der Waals surface area contributed by atoms with Gasteiger partial charge in [0, 0.05) is 37.8 Å². The SMILES string of the molecule is Cc1c(F)cc(C(=O)N2CCN(S(=O)(=O)c3ccccc3)CC2)cc1[N+](=O)[O-]. The summed E-state index contributed by atoms with van der Waals surface area (Å²) < 4.78 is 40.5. The Hall–Kier alpha value is -2.85. The number of carbonyl (C=O) groups excluding carboxylic acids is 1. The minimum atomic E-state index is -3.66. The molecule has 0 aliphatic carbocycles. The zero-order valence-corrected chi connectivity index (χ0v) is 15.9. The summed E-state index contributed by atoms with van der Waals surface area (Å²) in [5, 5.41) is 11.1. The average molecular weight is 407 g/mol. The predicted octanol–water partition coefficient (Wildman–Crippen LogP) is 2.19. The Morgan fingerprint density at radius 2 is 1.71 bits per heavy atom. The van der Waals surface area contributed by atoms with Crippen LogP contribution in [0.15, 0.2) is 47.4 Å². The van der Waals surface area contributed by atoms with Crippen molar-refractivity contribution in [2.24, 2.45) is 0 Å². The Morgan fingerprint density at radius 3 is 2.29 bits per heavy atom. The first-order chi connectivity index (χ1) is 13.2. The van der Waals surface area contributed by atoms with Crippen LogP contribution in [0, 0.1) is 22.9 Å². The Morgan fingerprint density at radius 1 is 1.11 bits per heavy atom. The van der Waals surface area contributed by atoms with Crippen LogP contribution in [0.3, 0.4) is 0 Å². The van der Waals surface area contributed by atoms with Crippen LogP contribution in [0.1, 0.15) is 15.9 Å². The van der Waals surface area contributed by atoms with E-state index in [1.54, 1.807) is 18.2 Å². The number of amides is 1. The lowest BCUT2D eigenvalue weighted by molar-refractivity contribution is -0.385. The van der Waals surface area contributed by atoms with E-state index < -0.39 is 32.4 Å². The van der Waals surface area contributed by atoms with E-state index in [0.717, 1.165) is 12.1 Å². The monoisotopic (exact) mass is 407 g/mol. The first kappa shape index (κ1) is 19.9. The maximum Gasteiger partial charge on any atom is 0.276 e. The fraction of sp³-hybridized carbons (Fsp3) is 0.278. The van der Waals surface area contributed by atoms with Crippen molar-refractivity contribution in [1.29, 1.82) is 0 Å². The molecule has 0 spiro atoms. The summed E-state index contributed by atoms with van der Waals surface area (Å²) in [6.07, 6.45) is 0. The molecule has 0 radical (unpaired) electrons. The molecule has 1 fully saturated rings. The topological polar surface area (TPSA) is 101 Å². The molecule has 148 valence electrons. The molecule has 10 heteroatoms. The smallest absolute Gasteiger partial charge is 0.276 e. The van der Waals surface area contributed by atoms with E-state index in [9.17, 15) is 27.7 Å². The van der Waals surface area contributed by atoms with Gasteiger partial charge >= 0.3 is 0 Å². The molecular weight excluding hydrogens is 389 g/mol. The first-order valence-corrected chi connectivity index (χ1v) is 9.95. The van der Waals surface area contributed by atoms with E-state index in [1.165, 1.54) is 28.3 Å². The summed E-state index contributed by atoms with van der Waals surface area (Å²) in [5.74, 6) is -1.40. The van der Waals surface area contributed by atoms with Crippen LogP contribution in [0.4, 0.5) is 10.1 Å². The van der Waals surface area contributed by atoms with Gasteiger partial charge in [0.2, 0.25) is 10.0 Å². The van der Waals surface area contributed by atoms with Crippen molar-refractivity contribution in [3.63, 3.8) is 0 Å². The van der Waals surface area contributed by atoms with Crippen molar-refractivity contribution in [3.05, 3.63) is 69.5 Å². The fourth-order valence-corrected chi connectivity index (χ4v) is 4.48. The van der Waals surface area contributed by atoms with Crippen molar-refractivity contribution in [1.82, 2.24) is 9.21 Å². The second-order valence-corrected chi connectivity index (χ2v) is 8.31. The van der Waals surface area contributed by atoms with Gasteiger partial charge < -0.3 is 4.90 Å². The number of hydrogen-bond donors (Lipinski definition) is 0. The highest BCUT2D eigenvalue weighted by atomic mass is 32.2. The number of halogens is 1. The normalized spacial score (nSPS) is 15.4. The Labute approximate surface area is 161 Å². The van der Waals surface area contributed by atoms with Crippen LogP contribution < -0.4 is 0 Å². The number of hydrogen-bond acceptors (Lipinski definition) is 5. The van der Waals surface area contributed by atoms with Crippen LogP contribution in [0.2, 0.25) is 0 Å². The first-order valence-electron chi connectivity index (χ1n) is 8.51. The van der Waals surface area contributed by atoms with Crippen LogP contribution in [-0.4, -0.2) is 54.6 Å². The van der Waals surface area contributed by atoms with Gasteiger partial charge in [-0.3, -0.25) is 14.9 Å². The number of nitro groups is 1. The van der Waals surface area contributed by atoms with Crippen molar-refractivity contribution in [2.75, 3.05) is 26.2 Å². The van der Waals surface area contributed by atoms with Gasteiger partial charge in [-0.2, -0.15) is 4.31 Å². The molecule has 0 aromatic heterocycles. The highest BCUT2D eigenvalue weighted by Crippen LogP contribution is 2.24. The molecule has 1 heterocycles. The molecule has 1 aliphatic heterocycles. The van der Waals surface area contributed by atoms with Gasteiger partial charge in [-0.15, -0.1) is 0 Å². The number of nitro benzene ring substituents is 1. The van der Waals surface area contributed by atoms with Gasteiger partial charge in [0.1, 0.15) is 5.82 Å². The zero-order chi connectivity index (χ0) is 20.5. The standard InChI is InChI=1S/C18H18FN3O5S/c1-13-16(19)11-14(12-17(13)22(24)25)18(23)20-7-9-21(10-8-20)28(26,27)15-5-3-2-4-6-15/h2-6,11-12H,7-10H2,1H3. The molecule has 0 bridgehead atoms. The van der Waals surface area contributed by atoms with Gasteiger partial charge in [-0.25, -0.2) is 12.8 Å². The Balaban J connectivity index is 1.75. The van der Waals surface area contributed by atoms with Crippen molar-refractivity contribution in [3.8, 4) is 0 Å². The largest absolute Gasteiger partial charge is 0.336 e. The second-order valence-electron chi connectivity index (χ2n) is 6.37. The maximum atomic E-state index is 14.0. The molecule has 1 amide bonds. The third kappa shape index (κ3) is 3.73. The third-order valence-electron chi connectivity index (χ3n) is 4.67. The van der Waals surface area contributed by atoms with E-state index in [2.05, 4.69) is 0 Å². The maximum absolute atomic E-state index is 14.0. The van der Waals surface area contributed by atoms with E-state index >= 15 is 0 Å². The molecule has 1 aliphatic rings. The van der Waals surface area contributed by atoms with Gasteiger partial charge in [-0.1, -0.05) is 18.2 Å². The number of carbonyl (C=O) groups is 1. The van der Waals surface area contributed by atoms with Crippen molar-refractivity contribution >= 4 is 21.6 Å². The third-order valence-corrected chi connectivity index (χ3v) is 6.58. The molecule has 3 rings (SSSR count). The Kier molecular flexibility index (Phi) is 5.43. The Bertz CT molecular complexity index is 1020. The van der Waals surface area contributed by atoms with Gasteiger partial charge in [0.25, 0.3) is 11.6 Å². The molecule has 2 aromatic carbocycles. The van der Waals surface area contributed by atoms with Crippen molar-refractivity contribution in [2.45, 2.75) is 11.8 Å². The van der Waals surface area contributed by atoms with Crippen molar-refractivity contribution < 1.29 is 22.5 Å². The number of piperazine rings is 1. The molecule has 1 saturated heterocycles. The van der Waals surface area contributed by atoms with E-state index in [1.807, 2.05) is 0 Å². The predicted molar refractivity (Wildman–Crippen MR) is 98.9 cm³/mol. The number of benzene rings is 2. The lowest BCUT2D eigenvalue weighted by atomic mass is 10.1. The minimum absolute atomic E-state index is 0.0827. The summed E-state index contributed by atoms with van der Waals surface area (Å²) in [7, 11) is -3.66. The van der Waals surface area contributed by atoms with Gasteiger partial charge in [0.15, 0.2) is 0 Å². The van der Waals surface area contributed by atoms with Crippen LogP contribution in [0.5, 0.6) is 0 Å². The van der Waals surface area contributed by atoms with Gasteiger partial charge in [0.05, 0.1) is 15.4 Å². The van der Waals surface area contributed by atoms with Crippen LogP contribution in [0.25, 0.3) is 0 Å². The van der Waals surface area contributed by atoms with E-state index in [0.29, 0.717) is 0 Å². The van der Waals surface area contributed by atoms with E-state index in [4.69, 9.17) is 0 Å². The lowest BCUT2D eigenvalue weighted by Crippen LogP contribution is -2.50. The van der Waals surface area contributed by atoms with E-state index in [-0.39, 0.29) is 42.2 Å². The highest BCUT2D eigenvalue weighted by Gasteiger charge is 2.31. The molecule has 8 nitrogen and oxygen atoms in total.